The van der Waals surface area contributed by atoms with Crippen molar-refractivity contribution in [2.75, 3.05) is 6.61 Å². The highest BCUT2D eigenvalue weighted by molar-refractivity contribution is 6.33. The SMILES string of the molecule is Cc1cc(C)n(-c2ccc(Cl)c(C(=O)OC(C)COc3cccc(F)c3)n2)n1. The maximum Gasteiger partial charge on any atom is 0.358 e. The average Bonchev–Trinajstić information content (AvgIpc) is 2.98. The van der Waals surface area contributed by atoms with Crippen LogP contribution in [-0.2, 0) is 4.74 Å². The van der Waals surface area contributed by atoms with E-state index in [-0.39, 0.29) is 17.3 Å². The van der Waals surface area contributed by atoms with Gasteiger partial charge in [-0.2, -0.15) is 5.10 Å². The van der Waals surface area contributed by atoms with Gasteiger partial charge >= 0.3 is 5.97 Å². The van der Waals surface area contributed by atoms with E-state index in [1.807, 2.05) is 19.9 Å². The zero-order valence-electron chi connectivity index (χ0n) is 15.6. The normalized spacial score (nSPS) is 11.9. The van der Waals surface area contributed by atoms with Crippen molar-refractivity contribution in [3.8, 4) is 11.6 Å². The Morgan fingerprint density at radius 2 is 2.04 bits per heavy atom. The summed E-state index contributed by atoms with van der Waals surface area (Å²) in [5, 5.41) is 4.52. The molecule has 0 saturated carbocycles. The number of aryl methyl sites for hydroxylation is 2. The maximum absolute atomic E-state index is 13.2. The molecule has 1 aromatic carbocycles. The summed E-state index contributed by atoms with van der Waals surface area (Å²) in [6, 6.07) is 10.9. The van der Waals surface area contributed by atoms with Crippen LogP contribution in [0.5, 0.6) is 5.75 Å². The van der Waals surface area contributed by atoms with E-state index in [1.54, 1.807) is 29.8 Å². The molecule has 0 aliphatic carbocycles. The van der Waals surface area contributed by atoms with Gasteiger partial charge in [-0.25, -0.2) is 18.9 Å². The smallest absolute Gasteiger partial charge is 0.358 e. The number of hydrogen-bond donors (Lipinski definition) is 0. The quantitative estimate of drug-likeness (QED) is 0.574. The highest BCUT2D eigenvalue weighted by Crippen LogP contribution is 2.19. The van der Waals surface area contributed by atoms with Gasteiger partial charge in [0.1, 0.15) is 24.3 Å². The van der Waals surface area contributed by atoms with E-state index in [9.17, 15) is 9.18 Å². The van der Waals surface area contributed by atoms with E-state index in [1.165, 1.54) is 18.2 Å². The number of hydrogen-bond acceptors (Lipinski definition) is 5. The summed E-state index contributed by atoms with van der Waals surface area (Å²) in [5.41, 5.74) is 1.70. The van der Waals surface area contributed by atoms with Crippen LogP contribution in [0, 0.1) is 19.7 Å². The fourth-order valence-electron chi connectivity index (χ4n) is 2.60. The average molecular weight is 404 g/mol. The zero-order chi connectivity index (χ0) is 20.3. The summed E-state index contributed by atoms with van der Waals surface area (Å²) in [7, 11) is 0. The Morgan fingerprint density at radius 3 is 2.71 bits per heavy atom. The number of carbonyl (C=O) groups is 1. The Hall–Kier alpha value is -2.93. The molecule has 28 heavy (non-hydrogen) atoms. The van der Waals surface area contributed by atoms with Crippen LogP contribution in [0.15, 0.2) is 42.5 Å². The van der Waals surface area contributed by atoms with Gasteiger partial charge in [0.2, 0.25) is 0 Å². The van der Waals surface area contributed by atoms with Crippen molar-refractivity contribution in [2.24, 2.45) is 0 Å². The molecule has 3 rings (SSSR count). The van der Waals surface area contributed by atoms with Crippen molar-refractivity contribution in [1.29, 1.82) is 0 Å². The van der Waals surface area contributed by atoms with Gasteiger partial charge in [-0.15, -0.1) is 0 Å². The second kappa shape index (κ2) is 8.39. The molecule has 3 aromatic rings. The lowest BCUT2D eigenvalue weighted by Crippen LogP contribution is -2.23. The first-order valence-corrected chi connectivity index (χ1v) is 9.01. The number of rotatable bonds is 6. The minimum Gasteiger partial charge on any atom is -0.490 e. The molecule has 0 N–H and O–H groups in total. The molecule has 2 aromatic heterocycles. The third kappa shape index (κ3) is 4.67. The largest absolute Gasteiger partial charge is 0.490 e. The van der Waals surface area contributed by atoms with Crippen molar-refractivity contribution >= 4 is 17.6 Å². The number of esters is 1. The van der Waals surface area contributed by atoms with Crippen LogP contribution in [0.4, 0.5) is 4.39 Å². The lowest BCUT2D eigenvalue weighted by Gasteiger charge is -2.15. The molecule has 0 aliphatic heterocycles. The number of pyridine rings is 1. The number of nitrogens with zero attached hydrogens (tertiary/aromatic N) is 3. The fraction of sp³-hybridized carbons (Fsp3) is 0.250. The van der Waals surface area contributed by atoms with E-state index >= 15 is 0 Å². The summed E-state index contributed by atoms with van der Waals surface area (Å²) in [6.45, 7) is 5.48. The molecular weight excluding hydrogens is 385 g/mol. The second-order valence-corrected chi connectivity index (χ2v) is 6.73. The van der Waals surface area contributed by atoms with Crippen molar-refractivity contribution in [1.82, 2.24) is 14.8 Å². The number of benzene rings is 1. The Bertz CT molecular complexity index is 1010. The van der Waals surface area contributed by atoms with Gasteiger partial charge in [0.05, 0.1) is 10.7 Å². The Labute approximate surface area is 166 Å². The summed E-state index contributed by atoms with van der Waals surface area (Å²) in [6.07, 6.45) is -0.592. The van der Waals surface area contributed by atoms with Crippen LogP contribution in [0.25, 0.3) is 5.82 Å². The van der Waals surface area contributed by atoms with Crippen LogP contribution in [0.2, 0.25) is 5.02 Å². The van der Waals surface area contributed by atoms with Crippen LogP contribution >= 0.6 is 11.6 Å². The van der Waals surface area contributed by atoms with E-state index in [0.717, 1.165) is 11.4 Å². The van der Waals surface area contributed by atoms with E-state index < -0.39 is 17.9 Å². The Balaban J connectivity index is 1.69. The Morgan fingerprint density at radius 1 is 1.25 bits per heavy atom. The van der Waals surface area contributed by atoms with Gasteiger partial charge in [-0.05, 0) is 51.1 Å². The third-order valence-corrected chi connectivity index (χ3v) is 4.15. The predicted octanol–water partition coefficient (Wildman–Crippen LogP) is 4.30. The molecular formula is C20H19ClFN3O3. The molecule has 1 unspecified atom stereocenters. The first-order valence-electron chi connectivity index (χ1n) is 8.63. The minimum absolute atomic E-state index is 0.00988. The number of halogens is 2. The third-order valence-electron chi connectivity index (χ3n) is 3.84. The molecule has 0 amide bonds. The molecule has 0 bridgehead atoms. The zero-order valence-corrected chi connectivity index (χ0v) is 16.4. The van der Waals surface area contributed by atoms with Gasteiger partial charge in [-0.1, -0.05) is 17.7 Å². The van der Waals surface area contributed by atoms with E-state index in [2.05, 4.69) is 10.1 Å². The van der Waals surface area contributed by atoms with Crippen LogP contribution < -0.4 is 4.74 Å². The maximum atomic E-state index is 13.2. The number of aromatic nitrogens is 3. The molecule has 6 nitrogen and oxygen atoms in total. The Kier molecular flexibility index (Phi) is 5.94. The van der Waals surface area contributed by atoms with Crippen LogP contribution in [0.1, 0.15) is 28.8 Å². The summed E-state index contributed by atoms with van der Waals surface area (Å²) in [5.74, 6) is -0.265. The number of ether oxygens (including phenoxy) is 2. The lowest BCUT2D eigenvalue weighted by atomic mass is 10.3. The van der Waals surface area contributed by atoms with Gasteiger partial charge < -0.3 is 9.47 Å². The van der Waals surface area contributed by atoms with Gasteiger partial charge in [-0.3, -0.25) is 0 Å². The standard InChI is InChI=1S/C20H19ClFN3O3/c1-12-9-13(2)25(24-12)18-8-7-17(21)19(23-18)20(26)28-14(3)11-27-16-6-4-5-15(22)10-16/h4-10,14H,11H2,1-3H3. The van der Waals surface area contributed by atoms with Crippen molar-refractivity contribution in [3.63, 3.8) is 0 Å². The molecule has 0 fully saturated rings. The molecule has 2 heterocycles. The highest BCUT2D eigenvalue weighted by Gasteiger charge is 2.19. The fourth-order valence-corrected chi connectivity index (χ4v) is 2.78. The molecule has 8 heteroatoms. The van der Waals surface area contributed by atoms with E-state index in [0.29, 0.717) is 11.6 Å². The van der Waals surface area contributed by atoms with Gasteiger partial charge in [0.25, 0.3) is 0 Å². The lowest BCUT2D eigenvalue weighted by molar-refractivity contribution is 0.0222. The summed E-state index contributed by atoms with van der Waals surface area (Å²) >= 11 is 6.13. The van der Waals surface area contributed by atoms with Gasteiger partial charge in [0.15, 0.2) is 11.5 Å². The summed E-state index contributed by atoms with van der Waals surface area (Å²) in [4.78, 5) is 16.8. The van der Waals surface area contributed by atoms with Crippen molar-refractivity contribution in [3.05, 3.63) is 70.4 Å². The molecule has 1 atom stereocenters. The monoisotopic (exact) mass is 403 g/mol. The van der Waals surface area contributed by atoms with Crippen molar-refractivity contribution in [2.45, 2.75) is 26.9 Å². The molecule has 0 saturated heterocycles. The van der Waals surface area contributed by atoms with Crippen molar-refractivity contribution < 1.29 is 18.7 Å². The van der Waals surface area contributed by atoms with E-state index in [4.69, 9.17) is 21.1 Å². The first-order chi connectivity index (χ1) is 13.3. The highest BCUT2D eigenvalue weighted by atomic mass is 35.5. The molecule has 0 radical (unpaired) electrons. The van der Waals surface area contributed by atoms with Crippen LogP contribution in [-0.4, -0.2) is 33.4 Å². The molecule has 0 aliphatic rings. The topological polar surface area (TPSA) is 66.2 Å². The number of carbonyl (C=O) groups excluding carboxylic acids is 1. The van der Waals surface area contributed by atoms with Crippen LogP contribution in [0.3, 0.4) is 0 Å². The molecule has 146 valence electrons. The molecule has 0 spiro atoms. The first kappa shape index (κ1) is 19.8. The minimum atomic E-state index is -0.677. The predicted molar refractivity (Wildman–Crippen MR) is 103 cm³/mol. The second-order valence-electron chi connectivity index (χ2n) is 6.32. The summed E-state index contributed by atoms with van der Waals surface area (Å²) < 4.78 is 25.6. The van der Waals surface area contributed by atoms with Gasteiger partial charge in [0, 0.05) is 11.8 Å².